The van der Waals surface area contributed by atoms with Crippen molar-refractivity contribution in [3.63, 3.8) is 0 Å². The first kappa shape index (κ1) is 15.2. The summed E-state index contributed by atoms with van der Waals surface area (Å²) in [6.07, 6.45) is 1.20. The van der Waals surface area contributed by atoms with Crippen molar-refractivity contribution >= 4 is 16.9 Å². The summed E-state index contributed by atoms with van der Waals surface area (Å²) in [5.74, 6) is -0.124. The normalized spacial score (nSPS) is 12.3. The topological polar surface area (TPSA) is 58.1 Å². The Hall–Kier alpha value is -2.66. The first-order valence-corrected chi connectivity index (χ1v) is 7.58. The third-order valence-electron chi connectivity index (χ3n) is 3.87. The minimum atomic E-state index is -0.697. The van der Waals surface area contributed by atoms with Crippen molar-refractivity contribution in [2.75, 3.05) is 6.54 Å². The average molecular weight is 310 g/mol. The molecule has 0 spiro atoms. The van der Waals surface area contributed by atoms with Crippen LogP contribution in [0.15, 0.2) is 60.9 Å². The standard InChI is InChI=1S/C18H19N3O2/c1-20-13-21(16-10-6-5-9-15(16)20)12-18(23)19-11-17(22)14-7-3-2-4-8-14/h2-10,13,17,22H,11-12H2,1H3/p+1/t17-/m1/s1. The summed E-state index contributed by atoms with van der Waals surface area (Å²) in [7, 11) is 1.95. The Kier molecular flexibility index (Phi) is 4.39. The van der Waals surface area contributed by atoms with Gasteiger partial charge in [-0.2, -0.15) is 0 Å². The molecule has 1 atom stereocenters. The lowest BCUT2D eigenvalue weighted by Gasteiger charge is -2.11. The number of hydrogen-bond donors (Lipinski definition) is 2. The number of para-hydroxylation sites is 2. The molecule has 0 aliphatic carbocycles. The van der Waals surface area contributed by atoms with Crippen molar-refractivity contribution in [1.82, 2.24) is 9.88 Å². The second-order valence-electron chi connectivity index (χ2n) is 5.57. The van der Waals surface area contributed by atoms with Crippen molar-refractivity contribution in [2.24, 2.45) is 7.05 Å². The molecular formula is C18H20N3O2+. The predicted octanol–water partition coefficient (Wildman–Crippen LogP) is 1.32. The number of aryl methyl sites for hydroxylation is 1. The fourth-order valence-corrected chi connectivity index (χ4v) is 2.68. The Morgan fingerprint density at radius 2 is 1.87 bits per heavy atom. The first-order chi connectivity index (χ1) is 11.1. The zero-order chi connectivity index (χ0) is 16.2. The van der Waals surface area contributed by atoms with Crippen LogP contribution in [0.3, 0.4) is 0 Å². The van der Waals surface area contributed by atoms with Gasteiger partial charge < -0.3 is 10.4 Å². The highest BCUT2D eigenvalue weighted by molar-refractivity contribution is 5.79. The number of aliphatic hydroxyl groups excluding tert-OH is 1. The number of hydrogen-bond acceptors (Lipinski definition) is 2. The molecule has 0 fully saturated rings. The van der Waals surface area contributed by atoms with Crippen molar-refractivity contribution in [3.05, 3.63) is 66.5 Å². The molecule has 1 aromatic heterocycles. The monoisotopic (exact) mass is 310 g/mol. The molecule has 3 aromatic rings. The molecule has 1 amide bonds. The maximum Gasteiger partial charge on any atom is 0.262 e. The molecule has 2 N–H and O–H groups in total. The quantitative estimate of drug-likeness (QED) is 0.698. The van der Waals surface area contributed by atoms with Gasteiger partial charge in [0.05, 0.1) is 13.2 Å². The van der Waals surface area contributed by atoms with Crippen LogP contribution in [0.1, 0.15) is 11.7 Å². The van der Waals surface area contributed by atoms with Gasteiger partial charge >= 0.3 is 0 Å². The SMILES string of the molecule is C[n+]1cn(CC(=O)NC[C@@H](O)c2ccccc2)c2ccccc21. The third-order valence-corrected chi connectivity index (χ3v) is 3.87. The van der Waals surface area contributed by atoms with Crippen LogP contribution < -0.4 is 9.88 Å². The van der Waals surface area contributed by atoms with Crippen LogP contribution in [0.4, 0.5) is 0 Å². The second kappa shape index (κ2) is 6.62. The highest BCUT2D eigenvalue weighted by Crippen LogP contribution is 2.11. The van der Waals surface area contributed by atoms with Crippen LogP contribution in [0.2, 0.25) is 0 Å². The van der Waals surface area contributed by atoms with Crippen molar-refractivity contribution in [3.8, 4) is 0 Å². The summed E-state index contributed by atoms with van der Waals surface area (Å²) in [5.41, 5.74) is 2.88. The van der Waals surface area contributed by atoms with Crippen LogP contribution >= 0.6 is 0 Å². The second-order valence-corrected chi connectivity index (χ2v) is 5.57. The zero-order valence-electron chi connectivity index (χ0n) is 13.0. The van der Waals surface area contributed by atoms with E-state index in [2.05, 4.69) is 5.32 Å². The Balaban J connectivity index is 1.63. The van der Waals surface area contributed by atoms with Gasteiger partial charge in [-0.05, 0) is 17.7 Å². The Bertz CT molecular complexity index is 812. The highest BCUT2D eigenvalue weighted by atomic mass is 16.3. The molecule has 0 aliphatic rings. The van der Waals surface area contributed by atoms with E-state index < -0.39 is 6.10 Å². The number of nitrogens with one attached hydrogen (secondary N) is 1. The van der Waals surface area contributed by atoms with Gasteiger partial charge in [-0.3, -0.25) is 4.79 Å². The molecule has 0 saturated heterocycles. The smallest absolute Gasteiger partial charge is 0.262 e. The van der Waals surface area contributed by atoms with Gasteiger partial charge in [0.25, 0.3) is 5.91 Å². The first-order valence-electron chi connectivity index (χ1n) is 7.58. The van der Waals surface area contributed by atoms with Crippen molar-refractivity contribution < 1.29 is 14.5 Å². The molecule has 1 heterocycles. The Labute approximate surface area is 134 Å². The molecule has 0 unspecified atom stereocenters. The largest absolute Gasteiger partial charge is 0.387 e. The number of imidazole rings is 1. The van der Waals surface area contributed by atoms with E-state index in [1.54, 1.807) is 0 Å². The fraction of sp³-hybridized carbons (Fsp3) is 0.222. The summed E-state index contributed by atoms with van der Waals surface area (Å²) in [6, 6.07) is 17.3. The summed E-state index contributed by atoms with van der Waals surface area (Å²) >= 11 is 0. The van der Waals surface area contributed by atoms with Crippen LogP contribution in [0.5, 0.6) is 0 Å². The minimum Gasteiger partial charge on any atom is -0.387 e. The van der Waals surface area contributed by atoms with Crippen molar-refractivity contribution in [2.45, 2.75) is 12.6 Å². The number of rotatable bonds is 5. The number of aromatic nitrogens is 2. The fourth-order valence-electron chi connectivity index (χ4n) is 2.68. The molecule has 0 radical (unpaired) electrons. The average Bonchev–Trinajstić information content (AvgIpc) is 2.90. The van der Waals surface area contributed by atoms with Crippen molar-refractivity contribution in [1.29, 1.82) is 0 Å². The van der Waals surface area contributed by atoms with Crippen LogP contribution in [0.25, 0.3) is 11.0 Å². The van der Waals surface area contributed by atoms with Crippen LogP contribution in [-0.2, 0) is 18.4 Å². The maximum absolute atomic E-state index is 12.1. The summed E-state index contributed by atoms with van der Waals surface area (Å²) < 4.78 is 3.89. The third kappa shape index (κ3) is 3.40. The molecule has 5 nitrogen and oxygen atoms in total. The zero-order valence-corrected chi connectivity index (χ0v) is 13.0. The van der Waals surface area contributed by atoms with Gasteiger partial charge in [0, 0.05) is 6.54 Å². The molecule has 23 heavy (non-hydrogen) atoms. The molecule has 0 saturated carbocycles. The number of carbonyl (C=O) groups excluding carboxylic acids is 1. The molecule has 3 rings (SSSR count). The van der Waals surface area contributed by atoms with E-state index in [4.69, 9.17) is 0 Å². The summed E-state index contributed by atoms with van der Waals surface area (Å²) in [4.78, 5) is 12.1. The van der Waals surface area contributed by atoms with E-state index >= 15 is 0 Å². The van der Waals surface area contributed by atoms with Gasteiger partial charge in [-0.25, -0.2) is 9.13 Å². The van der Waals surface area contributed by atoms with Crippen LogP contribution in [-0.4, -0.2) is 22.1 Å². The molecule has 118 valence electrons. The molecule has 2 aromatic carbocycles. The minimum absolute atomic E-state index is 0.124. The van der Waals surface area contributed by atoms with E-state index in [1.165, 1.54) is 0 Å². The lowest BCUT2D eigenvalue weighted by atomic mass is 10.1. The van der Waals surface area contributed by atoms with Gasteiger partial charge in [0.15, 0.2) is 17.6 Å². The number of nitrogens with zero attached hydrogens (tertiary/aromatic N) is 2. The maximum atomic E-state index is 12.1. The number of fused-ring (bicyclic) bond motifs is 1. The van der Waals surface area contributed by atoms with E-state index in [0.29, 0.717) is 0 Å². The summed E-state index contributed by atoms with van der Waals surface area (Å²) in [5, 5.41) is 12.9. The molecular weight excluding hydrogens is 290 g/mol. The summed E-state index contributed by atoms with van der Waals surface area (Å²) in [6.45, 7) is 0.428. The number of carbonyl (C=O) groups is 1. The van der Waals surface area contributed by atoms with Gasteiger partial charge in [-0.1, -0.05) is 42.5 Å². The molecule has 0 aliphatic heterocycles. The highest BCUT2D eigenvalue weighted by Gasteiger charge is 2.16. The van der Waals surface area contributed by atoms with E-state index in [9.17, 15) is 9.90 Å². The predicted molar refractivity (Wildman–Crippen MR) is 87.5 cm³/mol. The molecule has 0 bridgehead atoms. The lowest BCUT2D eigenvalue weighted by Crippen LogP contribution is -2.32. The number of aliphatic hydroxyl groups is 1. The van der Waals surface area contributed by atoms with Gasteiger partial charge in [0.2, 0.25) is 6.33 Å². The van der Waals surface area contributed by atoms with Gasteiger partial charge in [-0.15, -0.1) is 0 Å². The van der Waals surface area contributed by atoms with E-state index in [-0.39, 0.29) is 19.0 Å². The van der Waals surface area contributed by atoms with Crippen LogP contribution in [0, 0.1) is 0 Å². The lowest BCUT2D eigenvalue weighted by molar-refractivity contribution is -0.645. The number of amides is 1. The van der Waals surface area contributed by atoms with E-state index in [1.807, 2.05) is 77.1 Å². The molecule has 5 heteroatoms. The Morgan fingerprint density at radius 3 is 2.65 bits per heavy atom. The Morgan fingerprint density at radius 1 is 1.17 bits per heavy atom. The number of benzene rings is 2. The van der Waals surface area contributed by atoms with E-state index in [0.717, 1.165) is 16.6 Å². The van der Waals surface area contributed by atoms with Gasteiger partial charge in [0.1, 0.15) is 0 Å².